The zero-order valence-corrected chi connectivity index (χ0v) is 12.8. The van der Waals surface area contributed by atoms with Crippen LogP contribution in [-0.4, -0.2) is 40.5 Å². The van der Waals surface area contributed by atoms with Crippen molar-refractivity contribution in [2.45, 2.75) is 68.0 Å². The maximum Gasteiger partial charge on any atom is 0.140 e. The lowest BCUT2D eigenvalue weighted by Crippen LogP contribution is -2.32. The standard InChI is InChI=1S/C15H21BrO3/c1-3-11(17)14-9-15-13(19-14)8-6-5-7-10(16)12(4-2)18-15/h1,5-6,10-15,17H,4,7-9H2,2H3/b6-5-/t10-,11+,12+,13-,14+,15-/m0/s1. The molecule has 0 spiro atoms. The van der Waals surface area contributed by atoms with Crippen LogP contribution >= 0.6 is 15.9 Å². The van der Waals surface area contributed by atoms with Crippen molar-refractivity contribution in [1.82, 2.24) is 0 Å². The Kier molecular flexibility index (Phi) is 5.47. The van der Waals surface area contributed by atoms with E-state index >= 15 is 0 Å². The predicted octanol–water partition coefficient (Wildman–Crippen LogP) is 2.42. The first-order chi connectivity index (χ1) is 9.15. The van der Waals surface area contributed by atoms with Crippen LogP contribution in [0.2, 0.25) is 0 Å². The highest BCUT2D eigenvalue weighted by Crippen LogP contribution is 2.32. The fraction of sp³-hybridized carbons (Fsp3) is 0.733. The average Bonchev–Trinajstić information content (AvgIpc) is 2.83. The molecule has 2 heterocycles. The second kappa shape index (κ2) is 6.90. The summed E-state index contributed by atoms with van der Waals surface area (Å²) < 4.78 is 12.0. The molecule has 3 nitrogen and oxygen atoms in total. The van der Waals surface area contributed by atoms with Gasteiger partial charge in [-0.15, -0.1) is 6.42 Å². The molecule has 0 aromatic rings. The van der Waals surface area contributed by atoms with E-state index in [-0.39, 0.29) is 24.4 Å². The van der Waals surface area contributed by atoms with Gasteiger partial charge in [-0.25, -0.2) is 0 Å². The van der Waals surface area contributed by atoms with Gasteiger partial charge in [0.2, 0.25) is 0 Å². The van der Waals surface area contributed by atoms with Crippen LogP contribution in [0.4, 0.5) is 0 Å². The van der Waals surface area contributed by atoms with E-state index in [9.17, 15) is 5.11 Å². The zero-order chi connectivity index (χ0) is 13.8. The number of terminal acetylenes is 1. The lowest BCUT2D eigenvalue weighted by atomic mass is 10.1. The number of rotatable bonds is 2. The van der Waals surface area contributed by atoms with Crippen LogP contribution in [-0.2, 0) is 9.47 Å². The predicted molar refractivity (Wildman–Crippen MR) is 78.2 cm³/mol. The molecule has 0 radical (unpaired) electrons. The van der Waals surface area contributed by atoms with E-state index in [0.29, 0.717) is 11.2 Å². The van der Waals surface area contributed by atoms with Gasteiger partial charge in [0, 0.05) is 11.2 Å². The molecular weight excluding hydrogens is 308 g/mol. The molecular formula is C15H21BrO3. The van der Waals surface area contributed by atoms with E-state index in [1.54, 1.807) is 0 Å². The minimum absolute atomic E-state index is 0.00361. The van der Waals surface area contributed by atoms with Crippen LogP contribution in [0, 0.1) is 12.3 Å². The summed E-state index contributed by atoms with van der Waals surface area (Å²) in [6.45, 7) is 2.12. The molecule has 19 heavy (non-hydrogen) atoms. The van der Waals surface area contributed by atoms with Crippen molar-refractivity contribution in [2.24, 2.45) is 0 Å². The van der Waals surface area contributed by atoms with Gasteiger partial charge in [0.05, 0.1) is 24.4 Å². The van der Waals surface area contributed by atoms with Crippen molar-refractivity contribution in [3.63, 3.8) is 0 Å². The first kappa shape index (κ1) is 15.1. The smallest absolute Gasteiger partial charge is 0.140 e. The Morgan fingerprint density at radius 3 is 2.79 bits per heavy atom. The number of halogens is 1. The van der Waals surface area contributed by atoms with Gasteiger partial charge < -0.3 is 14.6 Å². The summed E-state index contributed by atoms with van der Waals surface area (Å²) in [5.41, 5.74) is 0. The quantitative estimate of drug-likeness (QED) is 0.480. The molecule has 2 aliphatic rings. The number of fused-ring (bicyclic) bond motifs is 1. The van der Waals surface area contributed by atoms with Crippen molar-refractivity contribution in [2.75, 3.05) is 0 Å². The minimum atomic E-state index is -0.845. The third kappa shape index (κ3) is 3.61. The van der Waals surface area contributed by atoms with Crippen molar-refractivity contribution >= 4 is 15.9 Å². The van der Waals surface area contributed by atoms with Gasteiger partial charge in [0.25, 0.3) is 0 Å². The molecule has 0 bridgehead atoms. The molecule has 1 N–H and O–H groups in total. The van der Waals surface area contributed by atoms with Crippen LogP contribution in [0.1, 0.15) is 32.6 Å². The van der Waals surface area contributed by atoms with E-state index in [1.807, 2.05) is 0 Å². The minimum Gasteiger partial charge on any atom is -0.378 e. The number of alkyl halides is 1. The van der Waals surface area contributed by atoms with E-state index in [0.717, 1.165) is 19.3 Å². The Bertz CT molecular complexity index is 363. The molecule has 0 unspecified atom stereocenters. The molecule has 4 heteroatoms. The molecule has 0 aromatic carbocycles. The number of hydrogen-bond donors (Lipinski definition) is 1. The average molecular weight is 329 g/mol. The van der Waals surface area contributed by atoms with Crippen LogP contribution in [0.5, 0.6) is 0 Å². The van der Waals surface area contributed by atoms with Crippen molar-refractivity contribution in [3.05, 3.63) is 12.2 Å². The lowest BCUT2D eigenvalue weighted by molar-refractivity contribution is -0.0625. The normalized spacial score (nSPS) is 42.3. The van der Waals surface area contributed by atoms with Crippen molar-refractivity contribution in [1.29, 1.82) is 0 Å². The fourth-order valence-electron chi connectivity index (χ4n) is 2.68. The molecule has 0 aromatic heterocycles. The summed E-state index contributed by atoms with van der Waals surface area (Å²) in [5, 5.41) is 9.73. The molecule has 6 atom stereocenters. The van der Waals surface area contributed by atoms with Crippen LogP contribution < -0.4 is 0 Å². The number of allylic oxidation sites excluding steroid dienone is 1. The van der Waals surface area contributed by atoms with Gasteiger partial charge in [-0.3, -0.25) is 0 Å². The maximum atomic E-state index is 9.73. The first-order valence-electron chi connectivity index (χ1n) is 6.89. The Morgan fingerprint density at radius 1 is 1.37 bits per heavy atom. The molecule has 2 aliphatic heterocycles. The Balaban J connectivity index is 2.08. The highest BCUT2D eigenvalue weighted by molar-refractivity contribution is 9.09. The first-order valence-corrected chi connectivity index (χ1v) is 7.81. The molecule has 1 fully saturated rings. The Labute approximate surface area is 123 Å². The van der Waals surface area contributed by atoms with E-state index in [2.05, 4.69) is 40.9 Å². The summed E-state index contributed by atoms with van der Waals surface area (Å²) in [6.07, 6.45) is 12.0. The largest absolute Gasteiger partial charge is 0.378 e. The van der Waals surface area contributed by atoms with Gasteiger partial charge in [-0.05, 0) is 19.3 Å². The third-order valence-corrected chi connectivity index (χ3v) is 4.77. The van der Waals surface area contributed by atoms with Gasteiger partial charge in [-0.2, -0.15) is 0 Å². The topological polar surface area (TPSA) is 38.7 Å². The van der Waals surface area contributed by atoms with E-state index in [4.69, 9.17) is 15.9 Å². The number of hydrogen-bond acceptors (Lipinski definition) is 3. The lowest BCUT2D eigenvalue weighted by Gasteiger charge is -2.26. The number of aliphatic hydroxyl groups excluding tert-OH is 1. The van der Waals surface area contributed by atoms with Crippen molar-refractivity contribution in [3.8, 4) is 12.3 Å². The van der Waals surface area contributed by atoms with Gasteiger partial charge >= 0.3 is 0 Å². The molecule has 1 saturated heterocycles. The summed E-state index contributed by atoms with van der Waals surface area (Å²) in [4.78, 5) is 0.323. The summed E-state index contributed by atoms with van der Waals surface area (Å²) in [7, 11) is 0. The van der Waals surface area contributed by atoms with Crippen LogP contribution in [0.3, 0.4) is 0 Å². The van der Waals surface area contributed by atoms with E-state index < -0.39 is 6.10 Å². The molecule has 2 rings (SSSR count). The maximum absolute atomic E-state index is 9.73. The summed E-state index contributed by atoms with van der Waals surface area (Å²) in [5.74, 6) is 2.34. The van der Waals surface area contributed by atoms with Gasteiger partial charge in [0.15, 0.2) is 0 Å². The summed E-state index contributed by atoms with van der Waals surface area (Å²) >= 11 is 3.69. The number of aliphatic hydroxyl groups is 1. The van der Waals surface area contributed by atoms with Crippen molar-refractivity contribution < 1.29 is 14.6 Å². The highest BCUT2D eigenvalue weighted by Gasteiger charge is 2.40. The fourth-order valence-corrected chi connectivity index (χ4v) is 3.39. The van der Waals surface area contributed by atoms with Gasteiger partial charge in [0.1, 0.15) is 6.10 Å². The third-order valence-electron chi connectivity index (χ3n) is 3.80. The monoisotopic (exact) mass is 328 g/mol. The van der Waals surface area contributed by atoms with Crippen LogP contribution in [0.25, 0.3) is 0 Å². The Morgan fingerprint density at radius 2 is 2.11 bits per heavy atom. The van der Waals surface area contributed by atoms with E-state index in [1.165, 1.54) is 0 Å². The number of ether oxygens (including phenoxy) is 2. The highest BCUT2D eigenvalue weighted by atomic mass is 79.9. The SMILES string of the molecule is C#C[C@@H](O)[C@H]1C[C@@H]2O[C@H](CC)[C@@H](Br)C/C=C\C[C@@H]2O1. The van der Waals surface area contributed by atoms with Crippen LogP contribution in [0.15, 0.2) is 12.2 Å². The summed E-state index contributed by atoms with van der Waals surface area (Å²) in [6, 6.07) is 0. The molecule has 0 aliphatic carbocycles. The second-order valence-electron chi connectivity index (χ2n) is 5.14. The second-order valence-corrected chi connectivity index (χ2v) is 6.32. The van der Waals surface area contributed by atoms with Gasteiger partial charge in [-0.1, -0.05) is 40.9 Å². The molecule has 0 amide bonds. The Hall–Kier alpha value is -0.340. The molecule has 106 valence electrons. The molecule has 0 saturated carbocycles. The zero-order valence-electron chi connectivity index (χ0n) is 11.2.